The summed E-state index contributed by atoms with van der Waals surface area (Å²) in [6, 6.07) is 6.50. The van der Waals surface area contributed by atoms with Crippen LogP contribution in [0, 0.1) is 0 Å². The van der Waals surface area contributed by atoms with Gasteiger partial charge in [0.2, 0.25) is 0 Å². The monoisotopic (exact) mass is 290 g/mol. The number of methoxy groups -OCH3 is 1. The topological polar surface area (TPSA) is 90.5 Å². The number of hydrogen-bond acceptors (Lipinski definition) is 4. The van der Waals surface area contributed by atoms with Crippen molar-refractivity contribution in [2.75, 3.05) is 7.11 Å². The molecule has 0 unspecified atom stereocenters. The summed E-state index contributed by atoms with van der Waals surface area (Å²) in [7, 11) is 1.51. The zero-order valence-corrected chi connectivity index (χ0v) is 11.6. The van der Waals surface area contributed by atoms with E-state index in [1.54, 1.807) is 31.2 Å². The van der Waals surface area contributed by atoms with E-state index in [0.717, 1.165) is 15.3 Å². The first-order valence-corrected chi connectivity index (χ1v) is 6.23. The second-order valence-corrected chi connectivity index (χ2v) is 4.25. The summed E-state index contributed by atoms with van der Waals surface area (Å²) in [6.45, 7) is 1.70. The molecule has 1 heterocycles. The molecule has 0 saturated heterocycles. The summed E-state index contributed by atoms with van der Waals surface area (Å²) in [6.07, 6.45) is 1.04. The van der Waals surface area contributed by atoms with Crippen molar-refractivity contribution in [1.29, 1.82) is 0 Å². The van der Waals surface area contributed by atoms with Crippen LogP contribution < -0.4 is 16.0 Å². The minimum absolute atomic E-state index is 0.0922. The van der Waals surface area contributed by atoms with Crippen LogP contribution in [0.4, 0.5) is 0 Å². The average molecular weight is 290 g/mol. The van der Waals surface area contributed by atoms with Crippen molar-refractivity contribution < 1.29 is 14.6 Å². The smallest absolute Gasteiger partial charge is 0.342 e. The van der Waals surface area contributed by atoms with Gasteiger partial charge in [-0.05, 0) is 31.2 Å². The van der Waals surface area contributed by atoms with E-state index >= 15 is 0 Å². The van der Waals surface area contributed by atoms with Gasteiger partial charge in [0.15, 0.2) is 0 Å². The Morgan fingerprint density at radius 1 is 1.24 bits per heavy atom. The molecule has 0 radical (unpaired) electrons. The quantitative estimate of drug-likeness (QED) is 0.896. The lowest BCUT2D eigenvalue weighted by Gasteiger charge is -2.11. The number of carboxylic acids is 1. The van der Waals surface area contributed by atoms with Gasteiger partial charge in [-0.2, -0.15) is 0 Å². The van der Waals surface area contributed by atoms with E-state index in [9.17, 15) is 14.4 Å². The molecule has 110 valence electrons. The van der Waals surface area contributed by atoms with Crippen molar-refractivity contribution in [3.8, 4) is 11.4 Å². The molecule has 0 bridgehead atoms. The second kappa shape index (κ2) is 5.66. The van der Waals surface area contributed by atoms with Crippen LogP contribution in [0.5, 0.6) is 5.75 Å². The van der Waals surface area contributed by atoms with Crippen LogP contribution >= 0.6 is 0 Å². The maximum Gasteiger partial charge on any atom is 0.342 e. The van der Waals surface area contributed by atoms with Crippen molar-refractivity contribution in [3.63, 3.8) is 0 Å². The van der Waals surface area contributed by atoms with E-state index in [1.165, 1.54) is 7.11 Å². The molecule has 1 N–H and O–H groups in total. The Hall–Kier alpha value is -2.83. The molecule has 1 aromatic carbocycles. The maximum absolute atomic E-state index is 12.3. The third-order valence-electron chi connectivity index (χ3n) is 3.07. The van der Waals surface area contributed by atoms with E-state index in [2.05, 4.69) is 0 Å². The van der Waals surface area contributed by atoms with Gasteiger partial charge in [-0.3, -0.25) is 13.9 Å². The predicted molar refractivity (Wildman–Crippen MR) is 75.5 cm³/mol. The van der Waals surface area contributed by atoms with Crippen LogP contribution in [0.2, 0.25) is 0 Å². The summed E-state index contributed by atoms with van der Waals surface area (Å²) < 4.78 is 7.04. The Bertz CT molecular complexity index is 786. The maximum atomic E-state index is 12.3. The zero-order valence-electron chi connectivity index (χ0n) is 11.6. The Kier molecular flexibility index (Phi) is 3.93. The summed E-state index contributed by atoms with van der Waals surface area (Å²) in [4.78, 5) is 35.3. The number of aromatic nitrogens is 2. The first-order chi connectivity index (χ1) is 9.99. The van der Waals surface area contributed by atoms with E-state index in [4.69, 9.17) is 9.84 Å². The fraction of sp³-hybridized carbons (Fsp3) is 0.214. The van der Waals surface area contributed by atoms with Gasteiger partial charge in [-0.25, -0.2) is 9.59 Å². The van der Waals surface area contributed by atoms with Gasteiger partial charge < -0.3 is 9.84 Å². The number of rotatable bonds is 4. The molecule has 0 amide bonds. The van der Waals surface area contributed by atoms with Crippen molar-refractivity contribution in [2.24, 2.45) is 0 Å². The van der Waals surface area contributed by atoms with Gasteiger partial charge in [-0.15, -0.1) is 0 Å². The Balaban J connectivity index is 2.73. The molecule has 0 aliphatic carbocycles. The van der Waals surface area contributed by atoms with Gasteiger partial charge in [-0.1, -0.05) is 0 Å². The predicted octanol–water partition coefficient (Wildman–Crippen LogP) is 0.726. The highest BCUT2D eigenvalue weighted by Crippen LogP contribution is 2.13. The molecule has 0 spiro atoms. The minimum atomic E-state index is -1.37. The van der Waals surface area contributed by atoms with Gasteiger partial charge in [0.05, 0.1) is 12.8 Å². The molecular weight excluding hydrogens is 276 g/mol. The van der Waals surface area contributed by atoms with Gasteiger partial charge in [0, 0.05) is 12.7 Å². The molecule has 7 heteroatoms. The van der Waals surface area contributed by atoms with Crippen molar-refractivity contribution in [3.05, 3.63) is 56.9 Å². The van der Waals surface area contributed by atoms with Crippen LogP contribution in [0.15, 0.2) is 40.1 Å². The highest BCUT2D eigenvalue weighted by Gasteiger charge is 2.16. The number of carboxylic acid groups (broad SMARTS) is 1. The van der Waals surface area contributed by atoms with Crippen LogP contribution in [0.1, 0.15) is 17.3 Å². The SMILES string of the molecule is CCn1c(=O)c(C(=O)O)cn(-c2ccc(OC)cc2)c1=O. The van der Waals surface area contributed by atoms with E-state index in [-0.39, 0.29) is 6.54 Å². The number of nitrogens with zero attached hydrogens (tertiary/aromatic N) is 2. The fourth-order valence-electron chi connectivity index (χ4n) is 1.96. The number of hydrogen-bond donors (Lipinski definition) is 1. The third-order valence-corrected chi connectivity index (χ3v) is 3.07. The van der Waals surface area contributed by atoms with Crippen LogP contribution in [-0.4, -0.2) is 27.3 Å². The highest BCUT2D eigenvalue weighted by atomic mass is 16.5. The molecule has 2 rings (SSSR count). The van der Waals surface area contributed by atoms with Crippen molar-refractivity contribution >= 4 is 5.97 Å². The summed E-state index contributed by atoms with van der Waals surface area (Å²) >= 11 is 0. The molecule has 0 aliphatic heterocycles. The normalized spacial score (nSPS) is 10.4. The molecule has 7 nitrogen and oxygen atoms in total. The average Bonchev–Trinajstić information content (AvgIpc) is 2.48. The fourth-order valence-corrected chi connectivity index (χ4v) is 1.96. The lowest BCUT2D eigenvalue weighted by molar-refractivity contribution is 0.0693. The lowest BCUT2D eigenvalue weighted by atomic mass is 10.2. The first kappa shape index (κ1) is 14.6. The largest absolute Gasteiger partial charge is 0.497 e. The van der Waals surface area contributed by atoms with E-state index in [1.807, 2.05) is 0 Å². The van der Waals surface area contributed by atoms with E-state index in [0.29, 0.717) is 11.4 Å². The molecule has 1 aromatic heterocycles. The molecule has 2 aromatic rings. The Labute approximate surface area is 119 Å². The van der Waals surface area contributed by atoms with Crippen molar-refractivity contribution in [2.45, 2.75) is 13.5 Å². The second-order valence-electron chi connectivity index (χ2n) is 4.25. The third kappa shape index (κ3) is 2.58. The molecular formula is C14H14N2O5. The number of aromatic carboxylic acids is 1. The molecule has 21 heavy (non-hydrogen) atoms. The lowest BCUT2D eigenvalue weighted by Crippen LogP contribution is -2.41. The van der Waals surface area contributed by atoms with Crippen LogP contribution in [0.3, 0.4) is 0 Å². The van der Waals surface area contributed by atoms with E-state index < -0.39 is 22.8 Å². The van der Waals surface area contributed by atoms with Gasteiger partial charge in [0.1, 0.15) is 11.3 Å². The molecule has 0 fully saturated rings. The molecule has 0 aliphatic rings. The summed E-state index contributed by atoms with van der Waals surface area (Å²) in [5.74, 6) is -0.765. The van der Waals surface area contributed by atoms with Crippen LogP contribution in [-0.2, 0) is 6.54 Å². The van der Waals surface area contributed by atoms with Crippen LogP contribution in [0.25, 0.3) is 5.69 Å². The molecule has 0 atom stereocenters. The molecule has 0 saturated carbocycles. The Morgan fingerprint density at radius 3 is 2.33 bits per heavy atom. The van der Waals surface area contributed by atoms with Gasteiger partial charge >= 0.3 is 11.7 Å². The van der Waals surface area contributed by atoms with Gasteiger partial charge in [0.25, 0.3) is 5.56 Å². The summed E-state index contributed by atoms with van der Waals surface area (Å²) in [5, 5.41) is 9.08. The summed E-state index contributed by atoms with van der Waals surface area (Å²) in [5.41, 5.74) is -1.39. The van der Waals surface area contributed by atoms with Crippen molar-refractivity contribution in [1.82, 2.24) is 9.13 Å². The Morgan fingerprint density at radius 2 is 1.86 bits per heavy atom. The number of benzene rings is 1. The number of ether oxygens (including phenoxy) is 1. The first-order valence-electron chi connectivity index (χ1n) is 6.23. The standard InChI is InChI=1S/C14H14N2O5/c1-3-15-12(17)11(13(18)19)8-16(14(15)20)9-4-6-10(21-2)7-5-9/h4-8H,3H2,1-2H3,(H,18,19). The number of carbonyl (C=O) groups is 1. The minimum Gasteiger partial charge on any atom is -0.497 e. The zero-order chi connectivity index (χ0) is 15.6. The highest BCUT2D eigenvalue weighted by molar-refractivity contribution is 5.86.